The molecule has 0 N–H and O–H groups in total. The third-order valence-electron chi connectivity index (χ3n) is 3.17. The first kappa shape index (κ1) is 13.6. The summed E-state index contributed by atoms with van der Waals surface area (Å²) in [6.45, 7) is 0.768. The Labute approximate surface area is 112 Å². The van der Waals surface area contributed by atoms with Crippen molar-refractivity contribution in [2.45, 2.75) is 31.5 Å². The molecule has 1 saturated heterocycles. The molecule has 1 fully saturated rings. The molecule has 1 atom stereocenters. The summed E-state index contributed by atoms with van der Waals surface area (Å²) in [5, 5.41) is 0.755. The summed E-state index contributed by atoms with van der Waals surface area (Å²) < 4.78 is 38.0. The maximum atomic E-state index is 12.7. The SMILES string of the molecule is FC(F)(F)c1ccnc(N2CCCCC2CBr)c1. The van der Waals surface area contributed by atoms with E-state index in [0.717, 1.165) is 43.3 Å². The number of hydrogen-bond acceptors (Lipinski definition) is 2. The van der Waals surface area contributed by atoms with E-state index in [9.17, 15) is 13.2 Å². The van der Waals surface area contributed by atoms with Crippen LogP contribution >= 0.6 is 15.9 Å². The molecule has 6 heteroatoms. The quantitative estimate of drug-likeness (QED) is 0.769. The highest BCUT2D eigenvalue weighted by atomic mass is 79.9. The Morgan fingerprint density at radius 3 is 2.83 bits per heavy atom. The van der Waals surface area contributed by atoms with Gasteiger partial charge in [0, 0.05) is 24.1 Å². The minimum Gasteiger partial charge on any atom is -0.353 e. The molecule has 1 aromatic rings. The molecule has 0 spiro atoms. The van der Waals surface area contributed by atoms with Crippen molar-refractivity contribution in [2.75, 3.05) is 16.8 Å². The average Bonchev–Trinajstić information content (AvgIpc) is 2.38. The van der Waals surface area contributed by atoms with Gasteiger partial charge in [0.1, 0.15) is 5.82 Å². The molecule has 2 heterocycles. The van der Waals surface area contributed by atoms with E-state index in [1.54, 1.807) is 0 Å². The topological polar surface area (TPSA) is 16.1 Å². The Bertz CT molecular complexity index is 409. The van der Waals surface area contributed by atoms with Gasteiger partial charge < -0.3 is 4.90 Å². The van der Waals surface area contributed by atoms with Crippen molar-refractivity contribution in [3.05, 3.63) is 23.9 Å². The van der Waals surface area contributed by atoms with E-state index in [2.05, 4.69) is 20.9 Å². The zero-order valence-electron chi connectivity index (χ0n) is 9.75. The molecular weight excluding hydrogens is 309 g/mol. The van der Waals surface area contributed by atoms with Crippen LogP contribution in [0.2, 0.25) is 0 Å². The maximum Gasteiger partial charge on any atom is 0.416 e. The number of pyridine rings is 1. The zero-order chi connectivity index (χ0) is 13.2. The standard InChI is InChI=1S/C12H14BrF3N2/c13-8-10-3-1-2-6-18(10)11-7-9(4-5-17-11)12(14,15)16/h4-5,7,10H,1-3,6,8H2. The zero-order valence-corrected chi connectivity index (χ0v) is 11.3. The fourth-order valence-electron chi connectivity index (χ4n) is 2.21. The Kier molecular flexibility index (Phi) is 4.14. The lowest BCUT2D eigenvalue weighted by Gasteiger charge is -2.35. The van der Waals surface area contributed by atoms with E-state index in [0.29, 0.717) is 5.82 Å². The van der Waals surface area contributed by atoms with E-state index in [1.807, 2.05) is 4.90 Å². The van der Waals surface area contributed by atoms with Crippen LogP contribution < -0.4 is 4.90 Å². The first-order valence-electron chi connectivity index (χ1n) is 5.88. The van der Waals surface area contributed by atoms with Crippen molar-refractivity contribution in [3.8, 4) is 0 Å². The maximum absolute atomic E-state index is 12.7. The number of rotatable bonds is 2. The molecule has 0 saturated carbocycles. The van der Waals surface area contributed by atoms with Crippen LogP contribution in [0.25, 0.3) is 0 Å². The highest BCUT2D eigenvalue weighted by molar-refractivity contribution is 9.09. The lowest BCUT2D eigenvalue weighted by molar-refractivity contribution is -0.137. The van der Waals surface area contributed by atoms with Crippen LogP contribution in [0.1, 0.15) is 24.8 Å². The number of alkyl halides is 4. The van der Waals surface area contributed by atoms with Crippen LogP contribution in [0.5, 0.6) is 0 Å². The lowest BCUT2D eigenvalue weighted by atomic mass is 10.0. The molecule has 18 heavy (non-hydrogen) atoms. The van der Waals surface area contributed by atoms with Gasteiger partial charge >= 0.3 is 6.18 Å². The predicted molar refractivity (Wildman–Crippen MR) is 68.0 cm³/mol. The second kappa shape index (κ2) is 5.47. The van der Waals surface area contributed by atoms with Gasteiger partial charge in [0.25, 0.3) is 0 Å². The van der Waals surface area contributed by atoms with Gasteiger partial charge in [-0.25, -0.2) is 4.98 Å². The first-order chi connectivity index (χ1) is 8.52. The Morgan fingerprint density at radius 1 is 1.39 bits per heavy atom. The summed E-state index contributed by atoms with van der Waals surface area (Å²) in [4.78, 5) is 6.05. The number of piperidine rings is 1. The Morgan fingerprint density at radius 2 is 2.17 bits per heavy atom. The van der Waals surface area contributed by atoms with Crippen molar-refractivity contribution in [1.82, 2.24) is 4.98 Å². The minimum atomic E-state index is -4.31. The number of aromatic nitrogens is 1. The van der Waals surface area contributed by atoms with Crippen LogP contribution in [0.15, 0.2) is 18.3 Å². The summed E-state index contributed by atoms with van der Waals surface area (Å²) in [7, 11) is 0. The van der Waals surface area contributed by atoms with Crippen molar-refractivity contribution in [2.24, 2.45) is 0 Å². The van der Waals surface area contributed by atoms with Gasteiger partial charge in [-0.15, -0.1) is 0 Å². The van der Waals surface area contributed by atoms with E-state index in [-0.39, 0.29) is 6.04 Å². The summed E-state index contributed by atoms with van der Waals surface area (Å²) >= 11 is 3.41. The molecule has 0 aromatic carbocycles. The monoisotopic (exact) mass is 322 g/mol. The van der Waals surface area contributed by atoms with Crippen LogP contribution in [0.4, 0.5) is 19.0 Å². The molecule has 0 amide bonds. The summed E-state index contributed by atoms with van der Waals surface area (Å²) in [5.74, 6) is 0.425. The van der Waals surface area contributed by atoms with Gasteiger partial charge in [0.05, 0.1) is 5.56 Å². The van der Waals surface area contributed by atoms with Crippen molar-refractivity contribution in [3.63, 3.8) is 0 Å². The molecule has 2 nitrogen and oxygen atoms in total. The van der Waals surface area contributed by atoms with E-state index >= 15 is 0 Å². The highest BCUT2D eigenvalue weighted by Crippen LogP contribution is 2.32. The smallest absolute Gasteiger partial charge is 0.353 e. The van der Waals surface area contributed by atoms with E-state index in [4.69, 9.17) is 0 Å². The fourth-order valence-corrected chi connectivity index (χ4v) is 2.89. The summed E-state index contributed by atoms with van der Waals surface area (Å²) in [5.41, 5.74) is -0.633. The van der Waals surface area contributed by atoms with Gasteiger partial charge in [0.2, 0.25) is 0 Å². The minimum absolute atomic E-state index is 0.231. The number of halogens is 4. The van der Waals surface area contributed by atoms with Crippen molar-refractivity contribution < 1.29 is 13.2 Å². The number of nitrogens with zero attached hydrogens (tertiary/aromatic N) is 2. The van der Waals surface area contributed by atoms with Crippen LogP contribution in [-0.4, -0.2) is 22.9 Å². The molecular formula is C12H14BrF3N2. The number of anilines is 1. The van der Waals surface area contributed by atoms with Crippen LogP contribution in [0.3, 0.4) is 0 Å². The van der Waals surface area contributed by atoms with Gasteiger partial charge in [-0.2, -0.15) is 13.2 Å². The largest absolute Gasteiger partial charge is 0.416 e. The second-order valence-electron chi connectivity index (χ2n) is 4.40. The summed E-state index contributed by atoms with van der Waals surface area (Å²) in [6.07, 6.45) is 0.0335. The molecule has 100 valence electrons. The van der Waals surface area contributed by atoms with Gasteiger partial charge in [-0.1, -0.05) is 15.9 Å². The molecule has 1 aliphatic rings. The van der Waals surface area contributed by atoms with Gasteiger partial charge in [-0.05, 0) is 31.4 Å². The summed E-state index contributed by atoms with van der Waals surface area (Å²) in [6, 6.07) is 2.38. The van der Waals surface area contributed by atoms with Gasteiger partial charge in [0.15, 0.2) is 0 Å². The van der Waals surface area contributed by atoms with Crippen LogP contribution in [-0.2, 0) is 6.18 Å². The van der Waals surface area contributed by atoms with E-state index in [1.165, 1.54) is 6.20 Å². The molecule has 0 bridgehead atoms. The lowest BCUT2D eigenvalue weighted by Crippen LogP contribution is -2.41. The Hall–Kier alpha value is -0.780. The van der Waals surface area contributed by atoms with Crippen LogP contribution in [0, 0.1) is 0 Å². The molecule has 1 aromatic heterocycles. The number of hydrogen-bond donors (Lipinski definition) is 0. The molecule has 0 radical (unpaired) electrons. The normalized spacial score (nSPS) is 21.1. The van der Waals surface area contributed by atoms with Gasteiger partial charge in [-0.3, -0.25) is 0 Å². The van der Waals surface area contributed by atoms with E-state index < -0.39 is 11.7 Å². The Balaban J connectivity index is 2.27. The fraction of sp³-hybridized carbons (Fsp3) is 0.583. The third kappa shape index (κ3) is 2.96. The molecule has 1 aliphatic heterocycles. The first-order valence-corrected chi connectivity index (χ1v) is 7.00. The highest BCUT2D eigenvalue weighted by Gasteiger charge is 2.32. The van der Waals surface area contributed by atoms with Crippen molar-refractivity contribution >= 4 is 21.7 Å². The predicted octanol–water partition coefficient (Wildman–Crippen LogP) is 3.85. The second-order valence-corrected chi connectivity index (χ2v) is 5.05. The third-order valence-corrected chi connectivity index (χ3v) is 3.92. The van der Waals surface area contributed by atoms with Crippen molar-refractivity contribution in [1.29, 1.82) is 0 Å². The molecule has 2 rings (SSSR count). The molecule has 1 unspecified atom stereocenters. The molecule has 0 aliphatic carbocycles. The average molecular weight is 323 g/mol.